The van der Waals surface area contributed by atoms with Crippen LogP contribution in [0.1, 0.15) is 11.1 Å². The van der Waals surface area contributed by atoms with Crippen LogP contribution in [0.5, 0.6) is 11.5 Å². The van der Waals surface area contributed by atoms with E-state index in [0.717, 1.165) is 5.56 Å². The number of hydrogen-bond donors (Lipinski definition) is 3. The van der Waals surface area contributed by atoms with Crippen LogP contribution >= 0.6 is 23.2 Å². The van der Waals surface area contributed by atoms with Gasteiger partial charge in [-0.15, -0.1) is 0 Å². The fourth-order valence-electron chi connectivity index (χ4n) is 1.88. The van der Waals surface area contributed by atoms with Gasteiger partial charge in [-0.3, -0.25) is 9.59 Å². The third-order valence-corrected chi connectivity index (χ3v) is 3.81. The highest BCUT2D eigenvalue weighted by Gasteiger charge is 2.12. The number of nitrogens with zero attached hydrogens (tertiary/aromatic N) is 1. The van der Waals surface area contributed by atoms with E-state index in [1.54, 1.807) is 31.4 Å². The topological polar surface area (TPSA) is 100 Å². The minimum Gasteiger partial charge on any atom is -0.505 e. The summed E-state index contributed by atoms with van der Waals surface area (Å²) in [5, 5.41) is 15.7. The highest BCUT2D eigenvalue weighted by atomic mass is 35.5. The number of phenolic OH excluding ortho intramolecular Hbond substituents is 1. The Labute approximate surface area is 159 Å². The summed E-state index contributed by atoms with van der Waals surface area (Å²) in [5.74, 6) is -1.31. The lowest BCUT2D eigenvalue weighted by Crippen LogP contribution is -2.37. The number of benzene rings is 2. The molecule has 2 aromatic carbocycles. The average molecular weight is 396 g/mol. The van der Waals surface area contributed by atoms with Crippen molar-refractivity contribution < 1.29 is 19.4 Å². The molecule has 0 unspecified atom stereocenters. The van der Waals surface area contributed by atoms with Gasteiger partial charge in [0.1, 0.15) is 5.75 Å². The Kier molecular flexibility index (Phi) is 6.82. The third-order valence-electron chi connectivity index (χ3n) is 3.24. The minimum absolute atomic E-state index is 0.0440. The number of carbonyl (C=O) groups excluding carboxylic acids is 2. The van der Waals surface area contributed by atoms with Crippen molar-refractivity contribution >= 4 is 41.2 Å². The van der Waals surface area contributed by atoms with Crippen LogP contribution in [0.2, 0.25) is 10.0 Å². The molecule has 3 N–H and O–H groups in total. The first-order valence-electron chi connectivity index (χ1n) is 7.33. The van der Waals surface area contributed by atoms with Gasteiger partial charge >= 0.3 is 11.8 Å². The molecule has 26 heavy (non-hydrogen) atoms. The van der Waals surface area contributed by atoms with Gasteiger partial charge in [-0.25, -0.2) is 5.43 Å². The van der Waals surface area contributed by atoms with E-state index in [4.69, 9.17) is 27.9 Å². The van der Waals surface area contributed by atoms with Crippen molar-refractivity contribution in [2.24, 2.45) is 5.10 Å². The zero-order chi connectivity index (χ0) is 19.1. The molecule has 0 saturated carbocycles. The largest absolute Gasteiger partial charge is 0.505 e. The number of phenols is 1. The smallest absolute Gasteiger partial charge is 0.329 e. The fraction of sp³-hybridized carbons (Fsp3) is 0.118. The quantitative estimate of drug-likeness (QED) is 0.411. The maximum Gasteiger partial charge on any atom is 0.329 e. The molecule has 0 aliphatic rings. The molecule has 0 aliphatic heterocycles. The lowest BCUT2D eigenvalue weighted by molar-refractivity contribution is -0.139. The van der Waals surface area contributed by atoms with Gasteiger partial charge in [-0.05, 0) is 35.4 Å². The Morgan fingerprint density at radius 1 is 1.15 bits per heavy atom. The first-order chi connectivity index (χ1) is 12.4. The van der Waals surface area contributed by atoms with E-state index in [9.17, 15) is 14.7 Å². The lowest BCUT2D eigenvalue weighted by Gasteiger charge is -2.05. The molecule has 0 radical (unpaired) electrons. The number of ether oxygens (including phenoxy) is 1. The molecule has 2 rings (SSSR count). The van der Waals surface area contributed by atoms with Gasteiger partial charge in [0.2, 0.25) is 0 Å². The third kappa shape index (κ3) is 5.37. The second-order valence-electron chi connectivity index (χ2n) is 5.06. The molecule has 2 aromatic rings. The highest BCUT2D eigenvalue weighted by Crippen LogP contribution is 2.32. The number of halogens is 2. The molecule has 0 fully saturated rings. The summed E-state index contributed by atoms with van der Waals surface area (Å²) < 4.78 is 5.04. The van der Waals surface area contributed by atoms with E-state index >= 15 is 0 Å². The summed E-state index contributed by atoms with van der Waals surface area (Å²) in [6, 6.07) is 9.85. The van der Waals surface area contributed by atoms with Crippen molar-refractivity contribution in [2.45, 2.75) is 6.54 Å². The summed E-state index contributed by atoms with van der Waals surface area (Å²) in [5.41, 5.74) is 3.34. The van der Waals surface area contributed by atoms with Crippen LogP contribution in [-0.2, 0) is 16.1 Å². The van der Waals surface area contributed by atoms with E-state index in [1.165, 1.54) is 18.3 Å². The number of aromatic hydroxyl groups is 1. The molecule has 0 saturated heterocycles. The number of nitrogens with one attached hydrogen (secondary N) is 2. The van der Waals surface area contributed by atoms with Crippen LogP contribution in [-0.4, -0.2) is 30.2 Å². The summed E-state index contributed by atoms with van der Waals surface area (Å²) in [6.07, 6.45) is 1.24. The van der Waals surface area contributed by atoms with Gasteiger partial charge in [-0.1, -0.05) is 35.3 Å². The Hall–Kier alpha value is -2.77. The van der Waals surface area contributed by atoms with Crippen LogP contribution in [0.25, 0.3) is 0 Å². The first-order valence-corrected chi connectivity index (χ1v) is 8.08. The molecule has 136 valence electrons. The van der Waals surface area contributed by atoms with Gasteiger partial charge in [0.25, 0.3) is 0 Å². The monoisotopic (exact) mass is 395 g/mol. The zero-order valence-corrected chi connectivity index (χ0v) is 15.1. The summed E-state index contributed by atoms with van der Waals surface area (Å²) in [7, 11) is 1.56. The van der Waals surface area contributed by atoms with Crippen molar-refractivity contribution in [1.29, 1.82) is 0 Å². The second kappa shape index (κ2) is 9.07. The molecule has 9 heteroatoms. The van der Waals surface area contributed by atoms with Crippen molar-refractivity contribution in [3.05, 3.63) is 57.6 Å². The van der Waals surface area contributed by atoms with Gasteiger partial charge in [0.15, 0.2) is 5.75 Å². The van der Waals surface area contributed by atoms with Crippen LogP contribution in [0.4, 0.5) is 0 Å². The van der Waals surface area contributed by atoms with Gasteiger partial charge in [0, 0.05) is 6.54 Å². The van der Waals surface area contributed by atoms with Gasteiger partial charge < -0.3 is 15.2 Å². The number of amides is 2. The molecule has 0 spiro atoms. The Balaban J connectivity index is 1.85. The van der Waals surface area contributed by atoms with Crippen LogP contribution < -0.4 is 15.5 Å². The fourth-order valence-corrected chi connectivity index (χ4v) is 2.39. The van der Waals surface area contributed by atoms with Gasteiger partial charge in [-0.2, -0.15) is 5.10 Å². The van der Waals surface area contributed by atoms with E-state index < -0.39 is 11.8 Å². The Bertz CT molecular complexity index is 815. The number of methoxy groups -OCH3 is 1. The number of carbonyl (C=O) groups is 2. The van der Waals surface area contributed by atoms with Crippen molar-refractivity contribution in [3.8, 4) is 11.5 Å². The highest BCUT2D eigenvalue weighted by molar-refractivity contribution is 6.37. The van der Waals surface area contributed by atoms with Gasteiger partial charge in [0.05, 0.1) is 23.4 Å². The van der Waals surface area contributed by atoms with E-state index in [2.05, 4.69) is 15.8 Å². The van der Waals surface area contributed by atoms with E-state index in [1.807, 2.05) is 0 Å². The Morgan fingerprint density at radius 2 is 1.77 bits per heavy atom. The molecular formula is C17H15Cl2N3O4. The molecule has 0 aromatic heterocycles. The average Bonchev–Trinajstić information content (AvgIpc) is 2.64. The molecule has 0 atom stereocenters. The molecule has 7 nitrogen and oxygen atoms in total. The van der Waals surface area contributed by atoms with E-state index in [0.29, 0.717) is 11.3 Å². The number of hydrazone groups is 1. The standard InChI is InChI=1S/C17H15Cl2N3O4/c1-26-12-4-2-10(3-5-12)8-20-16(24)17(25)22-21-9-11-6-13(18)15(23)14(19)7-11/h2-7,9,23H,8H2,1H3,(H,20,24)(H,22,25)/b21-9+. The summed E-state index contributed by atoms with van der Waals surface area (Å²) >= 11 is 11.5. The molecule has 2 amide bonds. The predicted molar refractivity (Wildman–Crippen MR) is 98.7 cm³/mol. The maximum atomic E-state index is 11.7. The molecule has 0 heterocycles. The van der Waals surface area contributed by atoms with Crippen molar-refractivity contribution in [1.82, 2.24) is 10.7 Å². The van der Waals surface area contributed by atoms with Crippen molar-refractivity contribution in [2.75, 3.05) is 7.11 Å². The van der Waals surface area contributed by atoms with Crippen LogP contribution in [0.15, 0.2) is 41.5 Å². The first kappa shape index (κ1) is 19.6. The normalized spacial score (nSPS) is 10.6. The van der Waals surface area contributed by atoms with E-state index in [-0.39, 0.29) is 22.3 Å². The summed E-state index contributed by atoms with van der Waals surface area (Å²) in [6.45, 7) is 0.184. The number of hydrogen-bond acceptors (Lipinski definition) is 5. The molecule has 0 bridgehead atoms. The number of rotatable bonds is 5. The predicted octanol–water partition coefficient (Wildman–Crippen LogP) is 2.47. The molecular weight excluding hydrogens is 381 g/mol. The maximum absolute atomic E-state index is 11.7. The van der Waals surface area contributed by atoms with Crippen LogP contribution in [0.3, 0.4) is 0 Å². The van der Waals surface area contributed by atoms with Crippen molar-refractivity contribution in [3.63, 3.8) is 0 Å². The minimum atomic E-state index is -0.925. The molecule has 0 aliphatic carbocycles. The second-order valence-corrected chi connectivity index (χ2v) is 5.88. The Morgan fingerprint density at radius 3 is 2.35 bits per heavy atom. The van der Waals surface area contributed by atoms with Crippen LogP contribution in [0, 0.1) is 0 Å². The SMILES string of the molecule is COc1ccc(CNC(=O)C(=O)N/N=C/c2cc(Cl)c(O)c(Cl)c2)cc1. The summed E-state index contributed by atoms with van der Waals surface area (Å²) in [4.78, 5) is 23.4. The zero-order valence-electron chi connectivity index (χ0n) is 13.6. The lowest BCUT2D eigenvalue weighted by atomic mass is 10.2.